The van der Waals surface area contributed by atoms with Crippen LogP contribution in [0.2, 0.25) is 0 Å². The third-order valence-corrected chi connectivity index (χ3v) is 4.46. The molecular weight excluding hydrogens is 278 g/mol. The van der Waals surface area contributed by atoms with Crippen LogP contribution >= 0.6 is 0 Å². The number of amides is 1. The van der Waals surface area contributed by atoms with Crippen LogP contribution in [0.5, 0.6) is 5.75 Å². The number of para-hydroxylation sites is 1. The van der Waals surface area contributed by atoms with Gasteiger partial charge in [0.1, 0.15) is 17.5 Å². The highest BCUT2D eigenvalue weighted by Crippen LogP contribution is 2.37. The number of hydrogen-bond donors (Lipinski definition) is 2. The van der Waals surface area contributed by atoms with Crippen molar-refractivity contribution in [2.45, 2.75) is 51.2 Å². The first kappa shape index (κ1) is 15.0. The Morgan fingerprint density at radius 3 is 2.91 bits per heavy atom. The molecule has 5 nitrogen and oxygen atoms in total. The number of hydrogen-bond acceptors (Lipinski definition) is 4. The molecule has 1 aliphatic carbocycles. The predicted molar refractivity (Wildman–Crippen MR) is 88.2 cm³/mol. The number of fused-ring (bicyclic) bond motifs is 1. The van der Waals surface area contributed by atoms with Crippen molar-refractivity contribution < 1.29 is 9.53 Å². The fourth-order valence-electron chi connectivity index (χ4n) is 3.47. The normalized spacial score (nSPS) is 21.9. The molecule has 3 rings (SSSR count). The van der Waals surface area contributed by atoms with E-state index in [1.54, 1.807) is 0 Å². The summed E-state index contributed by atoms with van der Waals surface area (Å²) in [6.07, 6.45) is 5.98. The van der Waals surface area contributed by atoms with Crippen molar-refractivity contribution in [3.8, 4) is 5.75 Å². The minimum Gasteiger partial charge on any atom is -0.487 e. The van der Waals surface area contributed by atoms with Crippen molar-refractivity contribution in [1.29, 1.82) is 0 Å². The van der Waals surface area contributed by atoms with Gasteiger partial charge in [-0.05, 0) is 31.9 Å². The van der Waals surface area contributed by atoms with Crippen LogP contribution in [-0.4, -0.2) is 31.1 Å². The highest BCUT2D eigenvalue weighted by Gasteiger charge is 2.27. The molecule has 1 fully saturated rings. The number of nitrogens with two attached hydrogens (primary N) is 1. The second-order valence-corrected chi connectivity index (χ2v) is 6.41. The molecule has 1 amide bonds. The molecule has 2 aliphatic rings. The Bertz CT molecular complexity index is 541. The van der Waals surface area contributed by atoms with E-state index in [9.17, 15) is 4.79 Å². The molecule has 1 aromatic rings. The van der Waals surface area contributed by atoms with Crippen molar-refractivity contribution in [1.82, 2.24) is 5.32 Å². The van der Waals surface area contributed by atoms with Crippen molar-refractivity contribution in [2.75, 3.05) is 23.7 Å². The lowest BCUT2D eigenvalue weighted by Gasteiger charge is -2.35. The van der Waals surface area contributed by atoms with E-state index in [1.807, 2.05) is 30.0 Å². The van der Waals surface area contributed by atoms with Crippen LogP contribution in [0.4, 0.5) is 11.4 Å². The van der Waals surface area contributed by atoms with E-state index >= 15 is 0 Å². The fourth-order valence-corrected chi connectivity index (χ4v) is 3.47. The molecule has 1 heterocycles. The van der Waals surface area contributed by atoms with Crippen LogP contribution in [0.15, 0.2) is 18.2 Å². The van der Waals surface area contributed by atoms with Crippen molar-refractivity contribution in [2.24, 2.45) is 0 Å². The van der Waals surface area contributed by atoms with Gasteiger partial charge in [0.25, 0.3) is 0 Å². The minimum atomic E-state index is 0.0526. The first-order chi connectivity index (χ1) is 10.6. The summed E-state index contributed by atoms with van der Waals surface area (Å²) in [5, 5.41) is 3.17. The maximum absolute atomic E-state index is 12.4. The van der Waals surface area contributed by atoms with Gasteiger partial charge < -0.3 is 20.7 Å². The Morgan fingerprint density at radius 1 is 1.36 bits per heavy atom. The van der Waals surface area contributed by atoms with Gasteiger partial charge in [-0.25, -0.2) is 0 Å². The first-order valence-corrected chi connectivity index (χ1v) is 8.23. The quantitative estimate of drug-likeness (QED) is 0.841. The number of benzene rings is 1. The van der Waals surface area contributed by atoms with E-state index in [4.69, 9.17) is 10.5 Å². The summed E-state index contributed by atoms with van der Waals surface area (Å²) >= 11 is 0. The number of nitrogens with one attached hydrogen (secondary N) is 1. The van der Waals surface area contributed by atoms with Crippen molar-refractivity contribution >= 4 is 17.3 Å². The molecule has 1 saturated carbocycles. The number of nitrogen functional groups attached to an aromatic ring is 1. The third kappa shape index (κ3) is 3.29. The van der Waals surface area contributed by atoms with Crippen LogP contribution in [0, 0.1) is 0 Å². The topological polar surface area (TPSA) is 67.6 Å². The molecule has 22 heavy (non-hydrogen) atoms. The van der Waals surface area contributed by atoms with Crippen LogP contribution in [0.3, 0.4) is 0 Å². The highest BCUT2D eigenvalue weighted by molar-refractivity contribution is 5.85. The summed E-state index contributed by atoms with van der Waals surface area (Å²) in [6, 6.07) is 5.98. The summed E-state index contributed by atoms with van der Waals surface area (Å²) in [5.74, 6) is 0.847. The number of carbonyl (C=O) groups excluding carboxylic acids is 1. The average molecular weight is 303 g/mol. The lowest BCUT2D eigenvalue weighted by molar-refractivity contribution is -0.120. The van der Waals surface area contributed by atoms with Crippen LogP contribution in [0.25, 0.3) is 0 Å². The van der Waals surface area contributed by atoms with Crippen LogP contribution in [0.1, 0.15) is 39.0 Å². The lowest BCUT2D eigenvalue weighted by atomic mass is 9.95. The van der Waals surface area contributed by atoms with Gasteiger partial charge in [-0.1, -0.05) is 25.3 Å². The number of rotatable bonds is 3. The highest BCUT2D eigenvalue weighted by atomic mass is 16.5. The SMILES string of the molecule is CC1CN(CC(=O)NC2CCCCC2)c2c(N)cccc2O1. The van der Waals surface area contributed by atoms with E-state index in [-0.39, 0.29) is 12.0 Å². The van der Waals surface area contributed by atoms with Crippen molar-refractivity contribution in [3.05, 3.63) is 18.2 Å². The zero-order valence-electron chi connectivity index (χ0n) is 13.2. The van der Waals surface area contributed by atoms with Gasteiger partial charge in [-0.15, -0.1) is 0 Å². The van der Waals surface area contributed by atoms with Gasteiger partial charge in [-0.3, -0.25) is 4.79 Å². The summed E-state index contributed by atoms with van der Waals surface area (Å²) in [4.78, 5) is 14.4. The lowest BCUT2D eigenvalue weighted by Crippen LogP contribution is -2.47. The number of nitrogens with zero attached hydrogens (tertiary/aromatic N) is 1. The number of carbonyl (C=O) groups is 1. The second kappa shape index (κ2) is 6.46. The third-order valence-electron chi connectivity index (χ3n) is 4.46. The standard InChI is InChI=1S/C17H25N3O2/c1-12-10-20(17-14(18)8-5-9-15(17)22-12)11-16(21)19-13-6-3-2-4-7-13/h5,8-9,12-13H,2-4,6-7,10-11,18H2,1H3,(H,19,21). The molecule has 1 atom stereocenters. The number of ether oxygens (including phenoxy) is 1. The summed E-state index contributed by atoms with van der Waals surface area (Å²) in [5.41, 5.74) is 7.59. The van der Waals surface area contributed by atoms with Crippen LogP contribution in [-0.2, 0) is 4.79 Å². The van der Waals surface area contributed by atoms with E-state index < -0.39 is 0 Å². The Morgan fingerprint density at radius 2 is 2.14 bits per heavy atom. The molecule has 1 unspecified atom stereocenters. The molecule has 0 radical (unpaired) electrons. The molecule has 0 spiro atoms. The maximum atomic E-state index is 12.4. The summed E-state index contributed by atoms with van der Waals surface area (Å²) < 4.78 is 5.82. The minimum absolute atomic E-state index is 0.0526. The van der Waals surface area contributed by atoms with Gasteiger partial charge in [0.2, 0.25) is 5.91 Å². The molecule has 0 aromatic heterocycles. The molecular formula is C17H25N3O2. The Labute approximate surface area is 131 Å². The van der Waals surface area contributed by atoms with Gasteiger partial charge in [0, 0.05) is 6.04 Å². The summed E-state index contributed by atoms with van der Waals surface area (Å²) in [7, 11) is 0. The number of anilines is 2. The monoisotopic (exact) mass is 303 g/mol. The summed E-state index contributed by atoms with van der Waals surface area (Å²) in [6.45, 7) is 3.03. The van der Waals surface area contributed by atoms with Crippen molar-refractivity contribution in [3.63, 3.8) is 0 Å². The smallest absolute Gasteiger partial charge is 0.239 e. The Hall–Kier alpha value is -1.91. The van der Waals surface area contributed by atoms with Crippen LogP contribution < -0.4 is 20.7 Å². The van der Waals surface area contributed by atoms with Gasteiger partial charge in [0.15, 0.2) is 0 Å². The zero-order valence-corrected chi connectivity index (χ0v) is 13.2. The van der Waals surface area contributed by atoms with E-state index in [2.05, 4.69) is 5.32 Å². The van der Waals surface area contributed by atoms with Gasteiger partial charge >= 0.3 is 0 Å². The Balaban J connectivity index is 1.68. The van der Waals surface area contributed by atoms with E-state index in [0.717, 1.165) is 24.3 Å². The second-order valence-electron chi connectivity index (χ2n) is 6.41. The average Bonchev–Trinajstić information content (AvgIpc) is 2.47. The van der Waals surface area contributed by atoms with E-state index in [1.165, 1.54) is 19.3 Å². The van der Waals surface area contributed by atoms with Gasteiger partial charge in [-0.2, -0.15) is 0 Å². The predicted octanol–water partition coefficient (Wildman–Crippen LogP) is 2.30. The van der Waals surface area contributed by atoms with Gasteiger partial charge in [0.05, 0.1) is 18.8 Å². The Kier molecular flexibility index (Phi) is 4.41. The van der Waals surface area contributed by atoms with E-state index in [0.29, 0.717) is 24.8 Å². The molecule has 1 aliphatic heterocycles. The zero-order chi connectivity index (χ0) is 15.5. The molecule has 3 N–H and O–H groups in total. The largest absolute Gasteiger partial charge is 0.487 e. The molecule has 120 valence electrons. The molecule has 0 saturated heterocycles. The first-order valence-electron chi connectivity index (χ1n) is 8.23. The molecule has 1 aromatic carbocycles. The fraction of sp³-hybridized carbons (Fsp3) is 0.588. The molecule has 0 bridgehead atoms. The molecule has 5 heteroatoms. The maximum Gasteiger partial charge on any atom is 0.239 e.